The van der Waals surface area contributed by atoms with E-state index in [0.717, 1.165) is 66.7 Å². The van der Waals surface area contributed by atoms with Crippen LogP contribution in [0.25, 0.3) is 11.1 Å². The van der Waals surface area contributed by atoms with E-state index in [4.69, 9.17) is 10.5 Å². The molecule has 2 aromatic carbocycles. The number of carbonyl (C=O) groups excluding carboxylic acids is 1. The molecule has 1 amide bonds. The number of carbonyl (C=O) groups is 1. The Balaban J connectivity index is 1.55. The van der Waals surface area contributed by atoms with Crippen molar-refractivity contribution in [3.63, 3.8) is 0 Å². The molecule has 0 unspecified atom stereocenters. The smallest absolute Gasteiger partial charge is 0.233 e. The normalized spacial score (nSPS) is 19.4. The van der Waals surface area contributed by atoms with Crippen molar-refractivity contribution in [3.8, 4) is 16.9 Å². The van der Waals surface area contributed by atoms with Crippen LogP contribution in [-0.2, 0) is 10.2 Å². The van der Waals surface area contributed by atoms with Crippen LogP contribution >= 0.6 is 0 Å². The molecule has 5 rings (SSSR count). The SMILES string of the molecule is COc1cccc(-c2cnc(N)nc2[C@@H]2CCCN2C(=O)C2(c3ccc(F)cc3)CCCC2)c1. The molecule has 2 heterocycles. The highest BCUT2D eigenvalue weighted by Gasteiger charge is 2.48. The number of methoxy groups -OCH3 is 1. The lowest BCUT2D eigenvalue weighted by Crippen LogP contribution is -2.45. The topological polar surface area (TPSA) is 81.3 Å². The van der Waals surface area contributed by atoms with Crippen molar-refractivity contribution in [3.05, 3.63) is 71.8 Å². The minimum atomic E-state index is -0.620. The summed E-state index contributed by atoms with van der Waals surface area (Å²) in [5, 5.41) is 0. The van der Waals surface area contributed by atoms with E-state index in [1.807, 2.05) is 29.2 Å². The van der Waals surface area contributed by atoms with E-state index < -0.39 is 5.41 Å². The van der Waals surface area contributed by atoms with Crippen molar-refractivity contribution in [2.75, 3.05) is 19.4 Å². The van der Waals surface area contributed by atoms with Crippen molar-refractivity contribution in [1.82, 2.24) is 14.9 Å². The summed E-state index contributed by atoms with van der Waals surface area (Å²) in [6.45, 7) is 0.661. The average molecular weight is 461 g/mol. The standard InChI is InChI=1S/C27H29FN4O2/c1-34-21-7-4-6-18(16-21)22-17-30-26(29)31-24(22)23-8-5-15-32(23)25(33)27(13-2-3-14-27)19-9-11-20(28)12-10-19/h4,6-7,9-12,16-17,23H,2-3,5,8,13-15H2,1H3,(H2,29,30,31)/t23-/m0/s1. The predicted octanol–water partition coefficient (Wildman–Crippen LogP) is 5.05. The number of nitrogen functional groups attached to an aromatic ring is 1. The highest BCUT2D eigenvalue weighted by atomic mass is 19.1. The van der Waals surface area contributed by atoms with Crippen molar-refractivity contribution in [2.45, 2.75) is 50.0 Å². The van der Waals surface area contributed by atoms with Gasteiger partial charge in [-0.3, -0.25) is 4.79 Å². The van der Waals surface area contributed by atoms with Gasteiger partial charge in [0.1, 0.15) is 11.6 Å². The summed E-state index contributed by atoms with van der Waals surface area (Å²) in [5.74, 6) is 0.742. The summed E-state index contributed by atoms with van der Waals surface area (Å²) in [4.78, 5) is 25.1. The number of halogens is 1. The fraction of sp³-hybridized carbons (Fsp3) is 0.370. The van der Waals surface area contributed by atoms with E-state index in [9.17, 15) is 9.18 Å². The molecule has 0 spiro atoms. The number of nitrogens with two attached hydrogens (primary N) is 1. The van der Waals surface area contributed by atoms with Gasteiger partial charge in [-0.2, -0.15) is 0 Å². The Morgan fingerprint density at radius 1 is 1.15 bits per heavy atom. The zero-order chi connectivity index (χ0) is 23.7. The quantitative estimate of drug-likeness (QED) is 0.576. The van der Waals surface area contributed by atoms with E-state index in [-0.39, 0.29) is 23.7 Å². The van der Waals surface area contributed by atoms with Gasteiger partial charge in [0, 0.05) is 18.3 Å². The first-order valence-corrected chi connectivity index (χ1v) is 11.9. The molecular weight excluding hydrogens is 431 g/mol. The lowest BCUT2D eigenvalue weighted by atomic mass is 9.77. The summed E-state index contributed by atoms with van der Waals surface area (Å²) in [7, 11) is 1.63. The van der Waals surface area contributed by atoms with Crippen molar-refractivity contribution < 1.29 is 13.9 Å². The molecule has 176 valence electrons. The van der Waals surface area contributed by atoms with Gasteiger partial charge in [0.05, 0.1) is 24.3 Å². The highest BCUT2D eigenvalue weighted by molar-refractivity contribution is 5.89. The lowest BCUT2D eigenvalue weighted by Gasteiger charge is -2.36. The monoisotopic (exact) mass is 460 g/mol. The minimum Gasteiger partial charge on any atom is -0.497 e. The fourth-order valence-electron chi connectivity index (χ4n) is 5.62. The van der Waals surface area contributed by atoms with Crippen LogP contribution < -0.4 is 10.5 Å². The maximum Gasteiger partial charge on any atom is 0.233 e. The summed E-state index contributed by atoms with van der Waals surface area (Å²) >= 11 is 0. The van der Waals surface area contributed by atoms with Gasteiger partial charge < -0.3 is 15.4 Å². The maximum atomic E-state index is 14.2. The maximum absolute atomic E-state index is 14.2. The molecule has 1 atom stereocenters. The summed E-state index contributed by atoms with van der Waals surface area (Å²) < 4.78 is 19.1. The number of benzene rings is 2. The molecule has 2 N–H and O–H groups in total. The largest absolute Gasteiger partial charge is 0.497 e. The number of hydrogen-bond acceptors (Lipinski definition) is 5. The number of amides is 1. The number of likely N-dealkylation sites (tertiary alicyclic amines) is 1. The van der Waals surface area contributed by atoms with Crippen LogP contribution in [0.4, 0.5) is 10.3 Å². The molecule has 0 radical (unpaired) electrons. The Labute approximate surface area is 199 Å². The number of aromatic nitrogens is 2. The van der Waals surface area contributed by atoms with E-state index in [1.54, 1.807) is 25.4 Å². The molecular formula is C27H29FN4O2. The number of hydrogen-bond donors (Lipinski definition) is 1. The Kier molecular flexibility index (Phi) is 5.94. The third-order valence-corrected chi connectivity index (χ3v) is 7.31. The van der Waals surface area contributed by atoms with Crippen LogP contribution in [0.5, 0.6) is 5.75 Å². The first-order chi connectivity index (χ1) is 16.5. The van der Waals surface area contributed by atoms with Crippen LogP contribution in [0.15, 0.2) is 54.7 Å². The average Bonchev–Trinajstić information content (AvgIpc) is 3.55. The predicted molar refractivity (Wildman–Crippen MR) is 129 cm³/mol. The first-order valence-electron chi connectivity index (χ1n) is 11.9. The second-order valence-electron chi connectivity index (χ2n) is 9.21. The van der Waals surface area contributed by atoms with Gasteiger partial charge >= 0.3 is 0 Å². The van der Waals surface area contributed by atoms with Gasteiger partial charge in [0.15, 0.2) is 0 Å². The van der Waals surface area contributed by atoms with Crippen molar-refractivity contribution in [2.24, 2.45) is 0 Å². The highest BCUT2D eigenvalue weighted by Crippen LogP contribution is 2.46. The summed E-state index contributed by atoms with van der Waals surface area (Å²) in [6.07, 6.45) is 6.94. The number of nitrogens with zero attached hydrogens (tertiary/aromatic N) is 3. The summed E-state index contributed by atoms with van der Waals surface area (Å²) in [5.41, 5.74) is 8.83. The molecule has 1 saturated heterocycles. The number of anilines is 1. The molecule has 34 heavy (non-hydrogen) atoms. The summed E-state index contributed by atoms with van der Waals surface area (Å²) in [6, 6.07) is 14.0. The van der Waals surface area contributed by atoms with Crippen LogP contribution in [0.1, 0.15) is 55.8 Å². The van der Waals surface area contributed by atoms with Crippen molar-refractivity contribution >= 4 is 11.9 Å². The molecule has 3 aromatic rings. The van der Waals surface area contributed by atoms with Crippen LogP contribution in [0, 0.1) is 5.82 Å². The van der Waals surface area contributed by atoms with Crippen LogP contribution in [-0.4, -0.2) is 34.4 Å². The third-order valence-electron chi connectivity index (χ3n) is 7.31. The Bertz CT molecular complexity index is 1190. The second-order valence-corrected chi connectivity index (χ2v) is 9.21. The van der Waals surface area contributed by atoms with E-state index in [1.165, 1.54) is 12.1 Å². The first kappa shape index (κ1) is 22.3. The molecule has 6 nitrogen and oxygen atoms in total. The van der Waals surface area contributed by atoms with Gasteiger partial charge in [-0.1, -0.05) is 37.1 Å². The lowest BCUT2D eigenvalue weighted by molar-refractivity contribution is -0.138. The molecule has 7 heteroatoms. The van der Waals surface area contributed by atoms with Gasteiger partial charge in [-0.15, -0.1) is 0 Å². The molecule has 0 bridgehead atoms. The van der Waals surface area contributed by atoms with Gasteiger partial charge in [0.2, 0.25) is 11.9 Å². The van der Waals surface area contributed by atoms with E-state index in [2.05, 4.69) is 9.97 Å². The third kappa shape index (κ3) is 3.89. The Morgan fingerprint density at radius 2 is 1.91 bits per heavy atom. The van der Waals surface area contributed by atoms with E-state index in [0.29, 0.717) is 6.54 Å². The molecule has 1 aromatic heterocycles. The van der Waals surface area contributed by atoms with Crippen molar-refractivity contribution in [1.29, 1.82) is 0 Å². The fourth-order valence-corrected chi connectivity index (χ4v) is 5.62. The van der Waals surface area contributed by atoms with E-state index >= 15 is 0 Å². The van der Waals surface area contributed by atoms with Crippen LogP contribution in [0.2, 0.25) is 0 Å². The van der Waals surface area contributed by atoms with Gasteiger partial charge in [-0.25, -0.2) is 14.4 Å². The number of rotatable bonds is 5. The van der Waals surface area contributed by atoms with Crippen LogP contribution in [0.3, 0.4) is 0 Å². The zero-order valence-electron chi connectivity index (χ0n) is 19.3. The molecule has 2 aliphatic rings. The minimum absolute atomic E-state index is 0.105. The zero-order valence-corrected chi connectivity index (χ0v) is 19.3. The molecule has 1 saturated carbocycles. The van der Waals surface area contributed by atoms with Gasteiger partial charge in [0.25, 0.3) is 0 Å². The second kappa shape index (κ2) is 9.05. The Morgan fingerprint density at radius 3 is 2.65 bits per heavy atom. The van der Waals surface area contributed by atoms with Gasteiger partial charge in [-0.05, 0) is 61.1 Å². The molecule has 1 aliphatic heterocycles. The molecule has 1 aliphatic carbocycles. The Hall–Kier alpha value is -3.48. The molecule has 2 fully saturated rings. The number of ether oxygens (including phenoxy) is 1.